The van der Waals surface area contributed by atoms with Crippen molar-refractivity contribution in [1.29, 1.82) is 0 Å². The summed E-state index contributed by atoms with van der Waals surface area (Å²) in [6, 6.07) is 98.3. The van der Waals surface area contributed by atoms with Gasteiger partial charge in [0.1, 0.15) is 13.2 Å². The van der Waals surface area contributed by atoms with Crippen LogP contribution in [0.15, 0.2) is 284 Å². The van der Waals surface area contributed by atoms with Crippen LogP contribution in [-0.4, -0.2) is 51.7 Å². The van der Waals surface area contributed by atoms with Crippen molar-refractivity contribution in [2.45, 2.75) is 17.4 Å². The first-order valence-electron chi connectivity index (χ1n) is 34.7. The standard InChI is InChI=1S/C90H60N4O4S6/c1-2-83(95)97-44-43-91-88(96)98-51-90(52-99-89-92-73-29-7-12-34-82(73)104-89,49-93-74-39-35-53(57-21-13-25-65-61-17-3-8-30-78(61)100-84(57)65)45-69(74)70-46-54(36-40-75(70)93)58-22-14-26-66-62-18-4-9-31-79(62)101-85(58)66)50-94-76-41-37-55(59-23-15-27-67-63-19-5-10-32-80(63)102-86(59)67)47-71(76)72-48-56(38-42-77(72)94)60-24-16-28-68-64-20-6-11-33-81(64)103-87(60)68/h2-42,45-48H,1,43-44,49-52H2,(H,91,96). The maximum atomic E-state index is 14.6. The van der Waals surface area contributed by atoms with Crippen LogP contribution in [-0.2, 0) is 27.4 Å². The van der Waals surface area contributed by atoms with E-state index in [-0.39, 0.29) is 19.8 Å². The average molecular weight is 1450 g/mol. The maximum absolute atomic E-state index is 14.6. The molecule has 13 aromatic carbocycles. The summed E-state index contributed by atoms with van der Waals surface area (Å²) in [6.07, 6.45) is 0.510. The van der Waals surface area contributed by atoms with E-state index in [9.17, 15) is 9.59 Å². The predicted octanol–water partition coefficient (Wildman–Crippen LogP) is 25.6. The zero-order valence-corrected chi connectivity index (χ0v) is 60.8. The van der Waals surface area contributed by atoms with E-state index in [0.29, 0.717) is 18.8 Å². The number of carbonyl (C=O) groups excluding carboxylic acids is 2. The van der Waals surface area contributed by atoms with Crippen LogP contribution in [0.3, 0.4) is 0 Å². The Kier molecular flexibility index (Phi) is 15.4. The molecule has 500 valence electrons. The number of rotatable bonds is 17. The molecule has 0 aliphatic heterocycles. The van der Waals surface area contributed by atoms with Crippen LogP contribution in [0, 0.1) is 5.41 Å². The number of fused-ring (bicyclic) bond motifs is 19. The lowest BCUT2D eigenvalue weighted by atomic mass is 9.90. The predicted molar refractivity (Wildman–Crippen MR) is 445 cm³/mol. The molecule has 14 heteroatoms. The van der Waals surface area contributed by atoms with Gasteiger partial charge in [-0.2, -0.15) is 0 Å². The van der Waals surface area contributed by atoms with Crippen molar-refractivity contribution in [3.05, 3.63) is 280 Å². The molecule has 0 unspecified atom stereocenters. The third-order valence-electron chi connectivity index (χ3n) is 20.6. The number of aromatic nitrogens is 3. The van der Waals surface area contributed by atoms with Gasteiger partial charge in [0.05, 0.1) is 16.8 Å². The molecule has 0 bridgehead atoms. The molecule has 0 fully saturated rings. The number of thiazole rings is 1. The second kappa shape index (κ2) is 25.5. The molecule has 0 atom stereocenters. The van der Waals surface area contributed by atoms with Crippen LogP contribution in [0.2, 0.25) is 0 Å². The van der Waals surface area contributed by atoms with Gasteiger partial charge in [-0.3, -0.25) is 0 Å². The Morgan fingerprint density at radius 3 is 1.13 bits per heavy atom. The Bertz CT molecular complexity index is 6210. The largest absolute Gasteiger partial charge is 0.461 e. The summed E-state index contributed by atoms with van der Waals surface area (Å²) in [6.45, 7) is 4.42. The fourth-order valence-electron chi connectivity index (χ4n) is 15.8. The smallest absolute Gasteiger partial charge is 0.407 e. The fraction of sp³-hybridized carbons (Fsp3) is 0.0778. The Labute approximate surface area is 620 Å². The van der Waals surface area contributed by atoms with E-state index in [2.05, 4.69) is 282 Å². The van der Waals surface area contributed by atoms with E-state index >= 15 is 0 Å². The van der Waals surface area contributed by atoms with Crippen LogP contribution in [0.4, 0.5) is 4.79 Å². The minimum absolute atomic E-state index is 0.00157. The third-order valence-corrected chi connectivity index (χ3v) is 28.1. The van der Waals surface area contributed by atoms with Crippen LogP contribution in [0.5, 0.6) is 0 Å². The quantitative estimate of drug-likeness (QED) is 0.0423. The van der Waals surface area contributed by atoms with Gasteiger partial charge in [0, 0.05) is 155 Å². The van der Waals surface area contributed by atoms with Crippen LogP contribution in [0.25, 0.3) is 179 Å². The monoisotopic (exact) mass is 1450 g/mol. The highest BCUT2D eigenvalue weighted by atomic mass is 32.2. The van der Waals surface area contributed by atoms with Crippen molar-refractivity contribution in [2.75, 3.05) is 25.5 Å². The van der Waals surface area contributed by atoms with E-state index in [1.165, 1.54) is 103 Å². The topological polar surface area (TPSA) is 87.4 Å². The van der Waals surface area contributed by atoms with Crippen molar-refractivity contribution in [3.63, 3.8) is 0 Å². The van der Waals surface area contributed by atoms with Gasteiger partial charge < -0.3 is 23.9 Å². The van der Waals surface area contributed by atoms with Crippen LogP contribution < -0.4 is 5.32 Å². The van der Waals surface area contributed by atoms with Gasteiger partial charge in [-0.1, -0.05) is 200 Å². The lowest BCUT2D eigenvalue weighted by Crippen LogP contribution is -2.41. The van der Waals surface area contributed by atoms with Crippen LogP contribution in [0.1, 0.15) is 0 Å². The minimum Gasteiger partial charge on any atom is -0.461 e. The number of hydrogen-bond donors (Lipinski definition) is 1. The summed E-state index contributed by atoms with van der Waals surface area (Å²) in [5.41, 5.74) is 13.6. The van der Waals surface area contributed by atoms with Gasteiger partial charge in [0.15, 0.2) is 4.34 Å². The van der Waals surface area contributed by atoms with Crippen molar-refractivity contribution in [3.8, 4) is 44.5 Å². The number of thiophene rings is 4. The Morgan fingerprint density at radius 2 is 0.760 bits per heavy atom. The molecular weight excluding hydrogens is 1390 g/mol. The van der Waals surface area contributed by atoms with E-state index in [0.717, 1.165) is 86.5 Å². The van der Waals surface area contributed by atoms with Gasteiger partial charge in [-0.15, -0.1) is 56.7 Å². The lowest BCUT2D eigenvalue weighted by molar-refractivity contribution is -0.137. The number of thioether (sulfide) groups is 1. The SMILES string of the molecule is C=CC(=O)OCCNC(=O)OCC(CSc1nc2ccccc2s1)(Cn1c2ccc(-c3cccc4c3sc3ccccc34)cc2c2cc(-c3cccc4c3sc3ccccc34)ccc21)Cn1c2ccc(-c3cccc4c3sc3ccccc34)cc2c2cc(-c3cccc4c3sc3ccccc34)ccc21. The summed E-state index contributed by atoms with van der Waals surface area (Å²) >= 11 is 10.8. The minimum atomic E-state index is -0.891. The molecule has 0 saturated carbocycles. The van der Waals surface area contributed by atoms with Gasteiger partial charge in [0.2, 0.25) is 0 Å². The number of nitrogens with zero attached hydrogens (tertiary/aromatic N) is 3. The van der Waals surface area contributed by atoms with Crippen molar-refractivity contribution < 1.29 is 19.1 Å². The van der Waals surface area contributed by atoms with E-state index in [1.807, 2.05) is 51.4 Å². The van der Waals surface area contributed by atoms with Crippen molar-refractivity contribution in [2.24, 2.45) is 5.41 Å². The molecular formula is C90H60N4O4S6. The molecule has 1 N–H and O–H groups in total. The second-order valence-electron chi connectivity index (χ2n) is 26.8. The highest BCUT2D eigenvalue weighted by Crippen LogP contribution is 2.49. The molecule has 1 amide bonds. The number of para-hydroxylation sites is 1. The zero-order chi connectivity index (χ0) is 69.2. The molecule has 0 aliphatic rings. The van der Waals surface area contributed by atoms with E-state index in [4.69, 9.17) is 14.5 Å². The van der Waals surface area contributed by atoms with Crippen molar-refractivity contribution in [1.82, 2.24) is 19.4 Å². The summed E-state index contributed by atoms with van der Waals surface area (Å²) in [5.74, 6) is -0.0689. The molecule has 0 aliphatic carbocycles. The Balaban J connectivity index is 0.810. The molecule has 104 heavy (non-hydrogen) atoms. The number of alkyl carbamates (subject to hydrolysis) is 1. The number of nitrogens with one attached hydrogen (secondary N) is 1. The van der Waals surface area contributed by atoms with Gasteiger partial charge >= 0.3 is 12.1 Å². The summed E-state index contributed by atoms with van der Waals surface area (Å²) in [4.78, 5) is 32.1. The highest BCUT2D eigenvalue weighted by Gasteiger charge is 2.37. The number of benzene rings is 13. The fourth-order valence-corrected chi connectivity index (χ4v) is 23.0. The Hall–Kier alpha value is -10.9. The molecule has 8 nitrogen and oxygen atoms in total. The maximum Gasteiger partial charge on any atom is 0.407 e. The lowest BCUT2D eigenvalue weighted by Gasteiger charge is -2.35. The van der Waals surface area contributed by atoms with Crippen molar-refractivity contribution >= 4 is 215 Å². The van der Waals surface area contributed by atoms with Gasteiger partial charge in [0.25, 0.3) is 0 Å². The summed E-state index contributed by atoms with van der Waals surface area (Å²) in [7, 11) is 0. The molecule has 0 saturated heterocycles. The molecule has 7 aromatic heterocycles. The zero-order valence-electron chi connectivity index (χ0n) is 55.9. The van der Waals surface area contributed by atoms with Crippen LogP contribution >= 0.6 is 68.4 Å². The third kappa shape index (κ3) is 10.7. The average Bonchev–Trinajstić information content (AvgIpc) is 1.58. The normalized spacial score (nSPS) is 12.2. The van der Waals surface area contributed by atoms with E-state index in [1.54, 1.807) is 23.1 Å². The first-order chi connectivity index (χ1) is 51.2. The number of hydrogen-bond acceptors (Lipinski definition) is 11. The number of amides is 1. The summed E-state index contributed by atoms with van der Waals surface area (Å²) in [5, 5.41) is 17.5. The second-order valence-corrected chi connectivity index (χ2v) is 33.3. The molecule has 0 spiro atoms. The Morgan fingerprint density at radius 1 is 0.404 bits per heavy atom. The van der Waals surface area contributed by atoms with E-state index < -0.39 is 17.5 Å². The molecule has 20 aromatic rings. The number of carbonyl (C=O) groups is 2. The summed E-state index contributed by atoms with van der Waals surface area (Å²) < 4.78 is 29.2. The number of esters is 1. The highest BCUT2D eigenvalue weighted by molar-refractivity contribution is 8.01. The molecule has 7 heterocycles. The molecule has 20 rings (SSSR count). The van der Waals surface area contributed by atoms with Gasteiger partial charge in [-0.05, 0) is 129 Å². The first kappa shape index (κ1) is 62.8. The molecule has 0 radical (unpaired) electrons. The first-order valence-corrected chi connectivity index (χ1v) is 39.7. The number of ether oxygens (including phenoxy) is 2. The van der Waals surface area contributed by atoms with Gasteiger partial charge in [-0.25, -0.2) is 14.6 Å².